The summed E-state index contributed by atoms with van der Waals surface area (Å²) < 4.78 is 10.8. The summed E-state index contributed by atoms with van der Waals surface area (Å²) in [4.78, 5) is 0. The van der Waals surface area contributed by atoms with Gasteiger partial charge >= 0.3 is 0 Å². The second-order valence-corrected chi connectivity index (χ2v) is 5.85. The second-order valence-electron chi connectivity index (χ2n) is 3.89. The highest BCUT2D eigenvalue weighted by Crippen LogP contribution is 2.15. The summed E-state index contributed by atoms with van der Waals surface area (Å²) in [6.07, 6.45) is 2.69. The Hall–Kier alpha value is -0.380. The fourth-order valence-corrected chi connectivity index (χ4v) is 2.12. The van der Waals surface area contributed by atoms with Crippen LogP contribution in [0.3, 0.4) is 0 Å². The molecule has 1 aromatic carbocycles. The molecule has 90 valence electrons. The Morgan fingerprint density at radius 2 is 2.19 bits per heavy atom. The molecule has 0 spiro atoms. The van der Waals surface area contributed by atoms with Crippen molar-refractivity contribution in [3.8, 4) is 0 Å². The minimum Gasteiger partial charge on any atom is -0.313 e. The zero-order valence-electron chi connectivity index (χ0n) is 9.75. The summed E-state index contributed by atoms with van der Waals surface area (Å²) in [7, 11) is -0.678. The zero-order chi connectivity index (χ0) is 12.0. The van der Waals surface area contributed by atoms with Crippen molar-refractivity contribution in [2.75, 3.05) is 18.6 Å². The lowest BCUT2D eigenvalue weighted by Crippen LogP contribution is -2.16. The molecule has 4 heteroatoms. The molecule has 2 nitrogen and oxygen atoms in total. The van der Waals surface area contributed by atoms with E-state index in [4.69, 9.17) is 11.6 Å². The first-order valence-electron chi connectivity index (χ1n) is 5.35. The van der Waals surface area contributed by atoms with Crippen molar-refractivity contribution in [3.63, 3.8) is 0 Å². The van der Waals surface area contributed by atoms with Crippen LogP contribution in [0.25, 0.3) is 0 Å². The van der Waals surface area contributed by atoms with Gasteiger partial charge in [0.05, 0.1) is 0 Å². The van der Waals surface area contributed by atoms with Crippen molar-refractivity contribution >= 4 is 22.4 Å². The first-order valence-corrected chi connectivity index (χ1v) is 7.46. The number of hydrogen-bond acceptors (Lipinski definition) is 2. The van der Waals surface area contributed by atoms with Gasteiger partial charge in [0.15, 0.2) is 0 Å². The molecule has 0 fully saturated rings. The van der Waals surface area contributed by atoms with E-state index in [0.29, 0.717) is 0 Å². The number of nitrogens with one attached hydrogen (secondary N) is 1. The van der Waals surface area contributed by atoms with Crippen LogP contribution < -0.4 is 5.32 Å². The molecule has 1 rings (SSSR count). The molecule has 1 atom stereocenters. The Labute approximate surface area is 105 Å². The lowest BCUT2D eigenvalue weighted by Gasteiger charge is -2.06. The summed E-state index contributed by atoms with van der Waals surface area (Å²) in [6, 6.07) is 6.04. The molecule has 0 saturated carbocycles. The maximum absolute atomic E-state index is 10.8. The van der Waals surface area contributed by atoms with Gasteiger partial charge < -0.3 is 5.32 Å². The fraction of sp³-hybridized carbons (Fsp3) is 0.500. The van der Waals surface area contributed by atoms with Crippen LogP contribution in [0.1, 0.15) is 17.5 Å². The van der Waals surface area contributed by atoms with Crippen LogP contribution in [-0.4, -0.2) is 22.8 Å². The van der Waals surface area contributed by atoms with E-state index in [1.165, 1.54) is 5.56 Å². The summed E-state index contributed by atoms with van der Waals surface area (Å²) in [5.41, 5.74) is 2.34. The van der Waals surface area contributed by atoms with Gasteiger partial charge in [-0.2, -0.15) is 0 Å². The van der Waals surface area contributed by atoms with Gasteiger partial charge in [-0.25, -0.2) is 0 Å². The summed E-state index contributed by atoms with van der Waals surface area (Å²) in [6.45, 7) is 3.75. The Kier molecular flexibility index (Phi) is 6.03. The molecule has 1 aromatic rings. The summed E-state index contributed by atoms with van der Waals surface area (Å²) >= 11 is 5.95. The van der Waals surface area contributed by atoms with Crippen LogP contribution in [0.5, 0.6) is 0 Å². The van der Waals surface area contributed by atoms with Gasteiger partial charge in [-0.05, 0) is 37.1 Å². The number of benzene rings is 1. The molecule has 1 N–H and O–H groups in total. The van der Waals surface area contributed by atoms with Gasteiger partial charge in [0.2, 0.25) is 0 Å². The molecule has 0 aliphatic heterocycles. The second kappa shape index (κ2) is 7.05. The molecule has 16 heavy (non-hydrogen) atoms. The van der Waals surface area contributed by atoms with Gasteiger partial charge in [-0.1, -0.05) is 23.7 Å². The van der Waals surface area contributed by atoms with Gasteiger partial charge in [0, 0.05) is 34.4 Å². The average molecular weight is 260 g/mol. The van der Waals surface area contributed by atoms with E-state index in [-0.39, 0.29) is 0 Å². The largest absolute Gasteiger partial charge is 0.313 e. The third-order valence-electron chi connectivity index (χ3n) is 2.34. The monoisotopic (exact) mass is 259 g/mol. The SMILES string of the molecule is Cc1cc(CNCCCS(C)=O)ccc1Cl. The first-order chi connectivity index (χ1) is 7.59. The van der Waals surface area contributed by atoms with Crippen molar-refractivity contribution in [2.45, 2.75) is 19.9 Å². The summed E-state index contributed by atoms with van der Waals surface area (Å²) in [5, 5.41) is 4.14. The van der Waals surface area contributed by atoms with E-state index in [2.05, 4.69) is 11.4 Å². The van der Waals surface area contributed by atoms with Crippen LogP contribution in [-0.2, 0) is 17.3 Å². The molecule has 0 amide bonds. The molecule has 0 heterocycles. The van der Waals surface area contributed by atoms with Crippen molar-refractivity contribution in [1.29, 1.82) is 0 Å². The quantitative estimate of drug-likeness (QED) is 0.796. The van der Waals surface area contributed by atoms with Gasteiger partial charge in [-0.15, -0.1) is 0 Å². The van der Waals surface area contributed by atoms with Gasteiger partial charge in [0.25, 0.3) is 0 Å². The van der Waals surface area contributed by atoms with Crippen molar-refractivity contribution < 1.29 is 4.21 Å². The highest BCUT2D eigenvalue weighted by Gasteiger charge is 1.97. The minimum atomic E-state index is -0.678. The van der Waals surface area contributed by atoms with E-state index >= 15 is 0 Å². The predicted octanol–water partition coefficient (Wildman–Crippen LogP) is 2.51. The normalized spacial score (nSPS) is 12.7. The highest BCUT2D eigenvalue weighted by atomic mass is 35.5. The predicted molar refractivity (Wildman–Crippen MR) is 71.4 cm³/mol. The van der Waals surface area contributed by atoms with Crippen LogP contribution in [0, 0.1) is 6.92 Å². The molecule has 0 bridgehead atoms. The first kappa shape index (κ1) is 13.7. The van der Waals surface area contributed by atoms with E-state index in [0.717, 1.165) is 35.8 Å². The number of aryl methyl sites for hydroxylation is 1. The molecule has 0 aliphatic carbocycles. The van der Waals surface area contributed by atoms with Gasteiger partial charge in [0.1, 0.15) is 0 Å². The molecule has 0 aliphatic rings. The van der Waals surface area contributed by atoms with E-state index < -0.39 is 10.8 Å². The smallest absolute Gasteiger partial charge is 0.0435 e. The van der Waals surface area contributed by atoms with E-state index in [9.17, 15) is 4.21 Å². The lowest BCUT2D eigenvalue weighted by atomic mass is 10.1. The van der Waals surface area contributed by atoms with Crippen LogP contribution in [0.15, 0.2) is 18.2 Å². The molecule has 0 aromatic heterocycles. The summed E-state index contributed by atoms with van der Waals surface area (Å²) in [5.74, 6) is 0.770. The molecule has 0 radical (unpaired) electrons. The molecular formula is C12H18ClNOS. The maximum Gasteiger partial charge on any atom is 0.0435 e. The lowest BCUT2D eigenvalue weighted by molar-refractivity contribution is 0.662. The average Bonchev–Trinajstić information content (AvgIpc) is 2.22. The van der Waals surface area contributed by atoms with E-state index in [1.54, 1.807) is 6.26 Å². The van der Waals surface area contributed by atoms with Crippen molar-refractivity contribution in [1.82, 2.24) is 5.32 Å². The topological polar surface area (TPSA) is 29.1 Å². The Balaban J connectivity index is 2.27. The number of hydrogen-bond donors (Lipinski definition) is 1. The third-order valence-corrected chi connectivity index (χ3v) is 3.62. The maximum atomic E-state index is 10.8. The molecule has 1 unspecified atom stereocenters. The van der Waals surface area contributed by atoms with Crippen LogP contribution in [0.2, 0.25) is 5.02 Å². The van der Waals surface area contributed by atoms with Crippen LogP contribution >= 0.6 is 11.6 Å². The van der Waals surface area contributed by atoms with Gasteiger partial charge in [-0.3, -0.25) is 4.21 Å². The molecular weight excluding hydrogens is 242 g/mol. The third kappa shape index (κ3) is 5.10. The Morgan fingerprint density at radius 1 is 1.44 bits per heavy atom. The number of halogens is 1. The van der Waals surface area contributed by atoms with E-state index in [1.807, 2.05) is 19.1 Å². The minimum absolute atomic E-state index is 0.678. The van der Waals surface area contributed by atoms with Crippen molar-refractivity contribution in [3.05, 3.63) is 34.3 Å². The Morgan fingerprint density at radius 3 is 2.81 bits per heavy atom. The number of rotatable bonds is 6. The molecule has 0 saturated heterocycles. The van der Waals surface area contributed by atoms with Crippen molar-refractivity contribution in [2.24, 2.45) is 0 Å². The Bertz CT molecular complexity index is 368. The fourth-order valence-electron chi connectivity index (χ4n) is 1.45. The van der Waals surface area contributed by atoms with Crippen LogP contribution in [0.4, 0.5) is 0 Å². The standard InChI is InChI=1S/C12H18ClNOS/c1-10-8-11(4-5-12(10)13)9-14-6-3-7-16(2)15/h4-5,8,14H,3,6-7,9H2,1-2H3. The zero-order valence-corrected chi connectivity index (χ0v) is 11.3. The highest BCUT2D eigenvalue weighted by molar-refractivity contribution is 7.84.